The van der Waals surface area contributed by atoms with Crippen molar-refractivity contribution in [2.75, 3.05) is 0 Å². The van der Waals surface area contributed by atoms with Crippen molar-refractivity contribution in [2.24, 2.45) is 10.9 Å². The van der Waals surface area contributed by atoms with Gasteiger partial charge in [-0.05, 0) is 24.3 Å². The Morgan fingerprint density at radius 1 is 1.45 bits per heavy atom. The lowest BCUT2D eigenvalue weighted by Gasteiger charge is -2.10. The van der Waals surface area contributed by atoms with Crippen LogP contribution in [-0.2, 0) is 6.61 Å². The molecule has 1 aromatic carbocycles. The maximum atomic E-state index is 13.5. The van der Waals surface area contributed by atoms with Crippen LogP contribution in [0.25, 0.3) is 0 Å². The Morgan fingerprint density at radius 2 is 2.25 bits per heavy atom. The van der Waals surface area contributed by atoms with Crippen LogP contribution in [0.1, 0.15) is 11.3 Å². The van der Waals surface area contributed by atoms with Crippen LogP contribution in [0.2, 0.25) is 0 Å². The van der Waals surface area contributed by atoms with Gasteiger partial charge in [0, 0.05) is 16.2 Å². The monoisotopic (exact) mass is 339 g/mol. The molecule has 0 bridgehead atoms. The molecule has 0 atom stereocenters. The van der Waals surface area contributed by atoms with Gasteiger partial charge in [0.25, 0.3) is 0 Å². The van der Waals surface area contributed by atoms with Gasteiger partial charge in [-0.1, -0.05) is 27.2 Å². The molecule has 5 nitrogen and oxygen atoms in total. The van der Waals surface area contributed by atoms with Gasteiger partial charge in [0.1, 0.15) is 12.3 Å². The number of oxime groups is 1. The molecular weight excluding hydrogens is 329 g/mol. The van der Waals surface area contributed by atoms with Gasteiger partial charge in [0.15, 0.2) is 17.4 Å². The van der Waals surface area contributed by atoms with E-state index < -0.39 is 5.82 Å². The van der Waals surface area contributed by atoms with E-state index in [1.54, 1.807) is 18.2 Å². The normalized spacial score (nSPS) is 11.4. The van der Waals surface area contributed by atoms with Crippen LogP contribution in [-0.4, -0.2) is 16.0 Å². The van der Waals surface area contributed by atoms with Crippen molar-refractivity contribution in [1.29, 1.82) is 0 Å². The van der Waals surface area contributed by atoms with Crippen molar-refractivity contribution in [2.45, 2.75) is 6.61 Å². The van der Waals surface area contributed by atoms with Crippen LogP contribution in [0.3, 0.4) is 0 Å². The molecule has 0 aliphatic rings. The molecule has 1 heterocycles. The molecule has 0 saturated carbocycles. The minimum atomic E-state index is -0.470. The van der Waals surface area contributed by atoms with Gasteiger partial charge < -0.3 is 15.7 Å². The van der Waals surface area contributed by atoms with Crippen molar-refractivity contribution >= 4 is 21.8 Å². The van der Waals surface area contributed by atoms with Crippen LogP contribution in [0.4, 0.5) is 4.39 Å². The Kier molecular flexibility index (Phi) is 4.52. The molecule has 104 valence electrons. The standard InChI is InChI=1S/C13H11BrFN3O2/c14-9-3-4-10(15)11(6-9)20-7-8-2-1-5-17-12(8)13(16)18-19/h1-6,19H,7H2,(H2,16,18). The van der Waals surface area contributed by atoms with E-state index in [2.05, 4.69) is 26.1 Å². The second-order valence-electron chi connectivity index (χ2n) is 3.86. The largest absolute Gasteiger partial charge is 0.486 e. The zero-order valence-electron chi connectivity index (χ0n) is 10.3. The molecule has 0 unspecified atom stereocenters. The summed E-state index contributed by atoms with van der Waals surface area (Å²) in [6, 6.07) is 7.79. The molecule has 0 fully saturated rings. The van der Waals surface area contributed by atoms with Gasteiger partial charge in [-0.25, -0.2) is 4.39 Å². The smallest absolute Gasteiger partial charge is 0.189 e. The van der Waals surface area contributed by atoms with Crippen LogP contribution < -0.4 is 10.5 Å². The molecular formula is C13H11BrFN3O2. The molecule has 0 saturated heterocycles. The summed E-state index contributed by atoms with van der Waals surface area (Å²) in [5, 5.41) is 11.6. The van der Waals surface area contributed by atoms with Crippen molar-refractivity contribution in [3.8, 4) is 5.75 Å². The van der Waals surface area contributed by atoms with E-state index in [1.807, 2.05) is 0 Å². The van der Waals surface area contributed by atoms with Crippen molar-refractivity contribution in [3.63, 3.8) is 0 Å². The second kappa shape index (κ2) is 6.33. The molecule has 20 heavy (non-hydrogen) atoms. The van der Waals surface area contributed by atoms with Crippen molar-refractivity contribution < 1.29 is 14.3 Å². The summed E-state index contributed by atoms with van der Waals surface area (Å²) in [4.78, 5) is 4.00. The van der Waals surface area contributed by atoms with E-state index in [0.29, 0.717) is 15.7 Å². The number of hydrogen-bond donors (Lipinski definition) is 2. The Labute approximate surface area is 123 Å². The molecule has 0 radical (unpaired) electrons. The molecule has 2 rings (SSSR count). The first-order valence-electron chi connectivity index (χ1n) is 5.61. The molecule has 0 aliphatic heterocycles. The van der Waals surface area contributed by atoms with Crippen LogP contribution in [0, 0.1) is 5.82 Å². The third kappa shape index (κ3) is 3.24. The van der Waals surface area contributed by atoms with Gasteiger partial charge in [0.2, 0.25) is 0 Å². The van der Waals surface area contributed by atoms with Crippen molar-refractivity contribution in [3.05, 3.63) is 58.1 Å². The zero-order valence-corrected chi connectivity index (χ0v) is 11.8. The lowest BCUT2D eigenvalue weighted by molar-refractivity contribution is 0.289. The molecule has 0 aliphatic carbocycles. The van der Waals surface area contributed by atoms with Crippen LogP contribution >= 0.6 is 15.9 Å². The molecule has 7 heteroatoms. The number of rotatable bonds is 4. The van der Waals surface area contributed by atoms with Gasteiger partial charge >= 0.3 is 0 Å². The van der Waals surface area contributed by atoms with E-state index in [0.717, 1.165) is 0 Å². The zero-order chi connectivity index (χ0) is 14.5. The fourth-order valence-electron chi connectivity index (χ4n) is 1.58. The molecule has 0 amide bonds. The predicted octanol–water partition coefficient (Wildman–Crippen LogP) is 2.66. The minimum absolute atomic E-state index is 0.0484. The number of halogens is 2. The Balaban J connectivity index is 2.21. The molecule has 2 aromatic rings. The molecule has 3 N–H and O–H groups in total. The quantitative estimate of drug-likeness (QED) is 0.388. The summed E-state index contributed by atoms with van der Waals surface area (Å²) < 4.78 is 19.7. The fraction of sp³-hybridized carbons (Fsp3) is 0.0769. The Hall–Kier alpha value is -2.15. The first-order chi connectivity index (χ1) is 9.61. The topological polar surface area (TPSA) is 80.7 Å². The lowest BCUT2D eigenvalue weighted by atomic mass is 10.2. The lowest BCUT2D eigenvalue weighted by Crippen LogP contribution is -2.18. The fourth-order valence-corrected chi connectivity index (χ4v) is 1.92. The van der Waals surface area contributed by atoms with Gasteiger partial charge in [0.05, 0.1) is 0 Å². The third-order valence-corrected chi connectivity index (χ3v) is 3.01. The maximum Gasteiger partial charge on any atom is 0.189 e. The number of hydrogen-bond acceptors (Lipinski definition) is 4. The van der Waals surface area contributed by atoms with E-state index >= 15 is 0 Å². The van der Waals surface area contributed by atoms with E-state index in [-0.39, 0.29) is 18.2 Å². The number of aromatic nitrogens is 1. The molecule has 0 spiro atoms. The van der Waals surface area contributed by atoms with Gasteiger partial charge in [-0.2, -0.15) is 0 Å². The first-order valence-corrected chi connectivity index (χ1v) is 6.40. The average molecular weight is 340 g/mol. The maximum absolute atomic E-state index is 13.5. The summed E-state index contributed by atoms with van der Waals surface area (Å²) in [5.74, 6) is -0.491. The average Bonchev–Trinajstić information content (AvgIpc) is 2.47. The van der Waals surface area contributed by atoms with E-state index in [1.165, 1.54) is 18.3 Å². The number of pyridine rings is 1. The Bertz CT molecular complexity index is 649. The highest BCUT2D eigenvalue weighted by atomic mass is 79.9. The summed E-state index contributed by atoms with van der Waals surface area (Å²) in [6.07, 6.45) is 1.51. The van der Waals surface area contributed by atoms with Gasteiger partial charge in [-0.3, -0.25) is 4.98 Å². The third-order valence-electron chi connectivity index (χ3n) is 2.52. The number of ether oxygens (including phenoxy) is 1. The highest BCUT2D eigenvalue weighted by molar-refractivity contribution is 9.10. The highest BCUT2D eigenvalue weighted by Crippen LogP contribution is 2.23. The first kappa shape index (κ1) is 14.3. The van der Waals surface area contributed by atoms with Crippen molar-refractivity contribution in [1.82, 2.24) is 4.98 Å². The summed E-state index contributed by atoms with van der Waals surface area (Å²) in [5.41, 5.74) is 6.40. The van der Waals surface area contributed by atoms with E-state index in [4.69, 9.17) is 15.7 Å². The highest BCUT2D eigenvalue weighted by Gasteiger charge is 2.10. The minimum Gasteiger partial charge on any atom is -0.486 e. The Morgan fingerprint density at radius 3 is 3.00 bits per heavy atom. The number of nitrogens with two attached hydrogens (primary N) is 1. The predicted molar refractivity (Wildman–Crippen MR) is 75.2 cm³/mol. The number of benzene rings is 1. The van der Waals surface area contributed by atoms with E-state index in [9.17, 15) is 4.39 Å². The van der Waals surface area contributed by atoms with Crippen LogP contribution in [0.5, 0.6) is 5.75 Å². The summed E-state index contributed by atoms with van der Waals surface area (Å²) >= 11 is 3.24. The summed E-state index contributed by atoms with van der Waals surface area (Å²) in [7, 11) is 0. The van der Waals surface area contributed by atoms with Gasteiger partial charge in [-0.15, -0.1) is 0 Å². The second-order valence-corrected chi connectivity index (χ2v) is 4.78. The number of nitrogens with zero attached hydrogens (tertiary/aromatic N) is 2. The molecule has 1 aromatic heterocycles. The summed E-state index contributed by atoms with van der Waals surface area (Å²) in [6.45, 7) is 0.0484. The SMILES string of the molecule is N/C(=N/O)c1ncccc1COc1cc(Br)ccc1F. The number of amidine groups is 1. The van der Waals surface area contributed by atoms with Crippen LogP contribution in [0.15, 0.2) is 46.2 Å².